The van der Waals surface area contributed by atoms with Crippen LogP contribution in [0.25, 0.3) is 0 Å². The molecule has 0 bridgehead atoms. The lowest BCUT2D eigenvalue weighted by atomic mass is 9.97. The zero-order chi connectivity index (χ0) is 25.2. The zero-order valence-electron chi connectivity index (χ0n) is 19.9. The van der Waals surface area contributed by atoms with E-state index in [0.29, 0.717) is 24.3 Å². The van der Waals surface area contributed by atoms with Crippen LogP contribution in [0.1, 0.15) is 30.4 Å². The van der Waals surface area contributed by atoms with E-state index in [1.165, 1.54) is 21.9 Å². The van der Waals surface area contributed by atoms with Gasteiger partial charge < -0.3 is 5.73 Å². The second-order valence-corrected chi connectivity index (χ2v) is 13.0. The van der Waals surface area contributed by atoms with E-state index in [0.717, 1.165) is 24.9 Å². The number of hydrogen-bond donors (Lipinski definition) is 2. The molecule has 190 valence electrons. The molecule has 3 heterocycles. The number of rotatable bonds is 6. The molecule has 2 atom stereocenters. The molecule has 11 heteroatoms. The van der Waals surface area contributed by atoms with Gasteiger partial charge in [-0.15, -0.1) is 0 Å². The maximum atomic E-state index is 14.9. The Kier molecular flexibility index (Phi) is 5.46. The molecular weight excluding hydrogens is 476 g/mol. The molecule has 2 fully saturated rings. The minimum absolute atomic E-state index is 0.174. The van der Waals surface area contributed by atoms with Crippen LogP contribution >= 0.6 is 0 Å². The summed E-state index contributed by atoms with van der Waals surface area (Å²) in [7, 11) is -3.53. The monoisotopic (exact) mass is 507 g/mol. The molecule has 2 unspecified atom stereocenters. The summed E-state index contributed by atoms with van der Waals surface area (Å²) < 4.78 is 57.5. The van der Waals surface area contributed by atoms with Crippen LogP contribution in [0.3, 0.4) is 0 Å². The average molecular weight is 508 g/mol. The fourth-order valence-electron chi connectivity index (χ4n) is 5.29. The van der Waals surface area contributed by atoms with Gasteiger partial charge in [0.05, 0.1) is 10.8 Å². The summed E-state index contributed by atoms with van der Waals surface area (Å²) in [6, 6.07) is 8.65. The lowest BCUT2D eigenvalue weighted by Crippen LogP contribution is -2.58. The number of nitrogens with two attached hydrogens (primary N) is 1. The van der Waals surface area contributed by atoms with Crippen LogP contribution in [0.5, 0.6) is 0 Å². The molecule has 35 heavy (non-hydrogen) atoms. The topological polar surface area (TPSA) is 103 Å². The van der Waals surface area contributed by atoms with Gasteiger partial charge in [-0.2, -0.15) is 4.21 Å². The first-order valence-electron chi connectivity index (χ1n) is 11.8. The minimum atomic E-state index is -5.01. The van der Waals surface area contributed by atoms with Gasteiger partial charge in [0, 0.05) is 45.2 Å². The smallest absolute Gasteiger partial charge is 0.253 e. The SMILES string of the molecule is Cc1ccc(CN2CCCC(C(N)=O)C2)cc1S1(=O)(O)N(C)c2ncccc2N1CC1CC1(F)F. The summed E-state index contributed by atoms with van der Waals surface area (Å²) in [6.45, 7) is 3.30. The molecule has 1 saturated heterocycles. The van der Waals surface area contributed by atoms with Gasteiger partial charge in [0.2, 0.25) is 5.91 Å². The van der Waals surface area contributed by atoms with Crippen molar-refractivity contribution in [3.05, 3.63) is 47.7 Å². The summed E-state index contributed by atoms with van der Waals surface area (Å²) >= 11 is 0. The van der Waals surface area contributed by atoms with Crippen molar-refractivity contribution < 1.29 is 22.3 Å². The van der Waals surface area contributed by atoms with Crippen LogP contribution in [-0.2, 0) is 21.1 Å². The first-order valence-corrected chi connectivity index (χ1v) is 13.6. The Morgan fingerprint density at radius 3 is 2.77 bits per heavy atom. The Morgan fingerprint density at radius 2 is 2.09 bits per heavy atom. The van der Waals surface area contributed by atoms with Crippen molar-refractivity contribution in [2.45, 2.75) is 43.5 Å². The highest BCUT2D eigenvalue weighted by atomic mass is 32.3. The summed E-state index contributed by atoms with van der Waals surface area (Å²) in [6.07, 6.45) is 2.82. The summed E-state index contributed by atoms with van der Waals surface area (Å²) in [5.74, 6) is -4.09. The Hall–Kier alpha value is -2.63. The second kappa shape index (κ2) is 7.94. The van der Waals surface area contributed by atoms with Crippen molar-refractivity contribution >= 4 is 27.1 Å². The van der Waals surface area contributed by atoms with Crippen LogP contribution in [-0.4, -0.2) is 57.2 Å². The third kappa shape index (κ3) is 3.80. The van der Waals surface area contributed by atoms with E-state index >= 15 is 0 Å². The second-order valence-electron chi connectivity index (χ2n) is 9.97. The normalized spacial score (nSPS) is 27.6. The first-order chi connectivity index (χ1) is 16.4. The third-order valence-electron chi connectivity index (χ3n) is 7.52. The van der Waals surface area contributed by atoms with Crippen molar-refractivity contribution in [2.24, 2.45) is 17.6 Å². The predicted octanol–water partition coefficient (Wildman–Crippen LogP) is 3.18. The number of pyridine rings is 1. The van der Waals surface area contributed by atoms with Gasteiger partial charge in [0.15, 0.2) is 5.82 Å². The number of carbonyl (C=O) groups is 1. The number of amides is 1. The Labute approximate surface area is 203 Å². The van der Waals surface area contributed by atoms with Gasteiger partial charge in [-0.25, -0.2) is 18.1 Å². The van der Waals surface area contributed by atoms with E-state index in [-0.39, 0.29) is 35.5 Å². The molecule has 3 aliphatic rings. The fraction of sp³-hybridized carbons (Fsp3) is 0.500. The first kappa shape index (κ1) is 24.1. The maximum absolute atomic E-state index is 14.9. The number of aromatic nitrogens is 1. The molecule has 1 aliphatic carbocycles. The summed E-state index contributed by atoms with van der Waals surface area (Å²) in [5, 5.41) is 0. The van der Waals surface area contributed by atoms with E-state index in [4.69, 9.17) is 5.73 Å². The highest BCUT2D eigenvalue weighted by Crippen LogP contribution is 2.57. The van der Waals surface area contributed by atoms with Crippen molar-refractivity contribution in [3.63, 3.8) is 0 Å². The Morgan fingerprint density at radius 1 is 1.34 bits per heavy atom. The molecule has 5 rings (SSSR count). The van der Waals surface area contributed by atoms with Gasteiger partial charge in [0.1, 0.15) is 5.69 Å². The van der Waals surface area contributed by atoms with E-state index < -0.39 is 21.6 Å². The van der Waals surface area contributed by atoms with Crippen molar-refractivity contribution in [2.75, 3.05) is 35.3 Å². The summed E-state index contributed by atoms with van der Waals surface area (Å²) in [5.41, 5.74) is 7.25. The minimum Gasteiger partial charge on any atom is -0.369 e. The fourth-order valence-corrected chi connectivity index (χ4v) is 8.51. The number of piperidine rings is 1. The standard InChI is InChI=1S/C24H31F2N5O3S/c1-16-7-8-17(13-30-10-4-5-18(14-30)22(27)32)11-21(16)35(33,34)29(2)23-20(6-3-9-28-23)31(35)15-19-12-24(19,25)26/h3,6-9,11,18-19H,4-5,10,12-15H2,1-2H3,(H2,27,32)(H,33,34). The van der Waals surface area contributed by atoms with Crippen LogP contribution in [0.15, 0.2) is 41.4 Å². The van der Waals surface area contributed by atoms with Gasteiger partial charge in [0.25, 0.3) is 5.92 Å². The number of hydrogen-bond acceptors (Lipinski definition) is 4. The zero-order valence-corrected chi connectivity index (χ0v) is 20.7. The Bertz CT molecular complexity index is 1260. The number of alkyl halides is 2. The number of fused-ring (bicyclic) bond motifs is 1. The molecule has 3 N–H and O–H groups in total. The van der Waals surface area contributed by atoms with Crippen molar-refractivity contribution in [1.82, 2.24) is 9.88 Å². The average Bonchev–Trinajstić information content (AvgIpc) is 3.38. The number of anilines is 2. The number of halogens is 2. The van der Waals surface area contributed by atoms with Crippen LogP contribution in [0, 0.1) is 18.8 Å². The van der Waals surface area contributed by atoms with E-state index in [1.54, 1.807) is 31.2 Å². The highest BCUT2D eigenvalue weighted by molar-refractivity contribution is 8.17. The molecule has 0 radical (unpaired) electrons. The highest BCUT2D eigenvalue weighted by Gasteiger charge is 2.61. The number of benzene rings is 1. The molecule has 1 saturated carbocycles. The maximum Gasteiger partial charge on any atom is 0.253 e. The van der Waals surface area contributed by atoms with Gasteiger partial charge in [-0.05, 0) is 65.4 Å². The molecule has 2 aliphatic heterocycles. The van der Waals surface area contributed by atoms with E-state index in [9.17, 15) is 22.3 Å². The van der Waals surface area contributed by atoms with Gasteiger partial charge >= 0.3 is 0 Å². The molecule has 1 amide bonds. The van der Waals surface area contributed by atoms with Crippen LogP contribution in [0.4, 0.5) is 20.3 Å². The number of likely N-dealkylation sites (tertiary alicyclic amines) is 1. The number of aryl methyl sites for hydroxylation is 1. The Balaban J connectivity index is 1.54. The van der Waals surface area contributed by atoms with E-state index in [2.05, 4.69) is 9.88 Å². The van der Waals surface area contributed by atoms with Crippen LogP contribution in [0.2, 0.25) is 0 Å². The quantitative estimate of drug-likeness (QED) is 0.625. The number of primary amides is 1. The molecule has 0 spiro atoms. The largest absolute Gasteiger partial charge is 0.369 e. The van der Waals surface area contributed by atoms with Gasteiger partial charge in [-0.1, -0.05) is 12.1 Å². The number of nitrogens with zero attached hydrogens (tertiary/aromatic N) is 4. The van der Waals surface area contributed by atoms with Gasteiger partial charge in [-0.3, -0.25) is 18.6 Å². The predicted molar refractivity (Wildman–Crippen MR) is 130 cm³/mol. The molecule has 1 aromatic carbocycles. The number of carbonyl (C=O) groups excluding carboxylic acids is 1. The molecular formula is C24H31F2N5O3S. The van der Waals surface area contributed by atoms with E-state index in [1.807, 2.05) is 6.07 Å². The van der Waals surface area contributed by atoms with Crippen LogP contribution < -0.4 is 14.3 Å². The molecule has 1 aromatic heterocycles. The molecule has 2 aromatic rings. The summed E-state index contributed by atoms with van der Waals surface area (Å²) in [4.78, 5) is 18.3. The lowest BCUT2D eigenvalue weighted by molar-refractivity contribution is -0.123. The lowest BCUT2D eigenvalue weighted by Gasteiger charge is -2.52. The van der Waals surface area contributed by atoms with Crippen molar-refractivity contribution in [3.8, 4) is 0 Å². The molecule has 8 nitrogen and oxygen atoms in total. The van der Waals surface area contributed by atoms with Crippen molar-refractivity contribution in [1.29, 1.82) is 0 Å². The third-order valence-corrected chi connectivity index (χ3v) is 11.0.